The predicted octanol–water partition coefficient (Wildman–Crippen LogP) is 0.462. The molecule has 0 spiro atoms. The zero-order chi connectivity index (χ0) is 11.5. The summed E-state index contributed by atoms with van der Waals surface area (Å²) in [7, 11) is -3.52. The van der Waals surface area contributed by atoms with Gasteiger partial charge >= 0.3 is 0 Å². The Hall–Kier alpha value is -0.130. The molecule has 2 fully saturated rings. The summed E-state index contributed by atoms with van der Waals surface area (Å²) in [6.07, 6.45) is 2.01. The molecule has 0 unspecified atom stereocenters. The second kappa shape index (κ2) is 2.96. The summed E-state index contributed by atoms with van der Waals surface area (Å²) < 4.78 is 22.5. The maximum absolute atomic E-state index is 11.3. The first-order valence-corrected chi connectivity index (χ1v) is 7.09. The van der Waals surface area contributed by atoms with E-state index in [-0.39, 0.29) is 11.2 Å². The molecule has 2 aliphatic rings. The molecule has 2 rings (SSSR count). The molecular formula is C10H19NO3S. The van der Waals surface area contributed by atoms with Crippen LogP contribution in [0.4, 0.5) is 0 Å². The Morgan fingerprint density at radius 1 is 1.47 bits per heavy atom. The van der Waals surface area contributed by atoms with Gasteiger partial charge in [0.2, 0.25) is 10.0 Å². The highest BCUT2D eigenvalue weighted by Crippen LogP contribution is 2.65. The number of aliphatic hydroxyl groups excluding tert-OH is 1. The second-order valence-electron chi connectivity index (χ2n) is 5.67. The minimum Gasteiger partial charge on any atom is -0.392 e. The minimum absolute atomic E-state index is 0.0787. The molecule has 15 heavy (non-hydrogen) atoms. The second-order valence-corrected chi connectivity index (χ2v) is 7.29. The summed E-state index contributed by atoms with van der Waals surface area (Å²) in [5, 5.41) is 15.2. The van der Waals surface area contributed by atoms with Gasteiger partial charge in [-0.15, -0.1) is 0 Å². The lowest BCUT2D eigenvalue weighted by Gasteiger charge is -2.39. The Balaban J connectivity index is 2.40. The van der Waals surface area contributed by atoms with E-state index in [4.69, 9.17) is 5.14 Å². The maximum Gasteiger partial charge on any atom is 0.209 e. The topological polar surface area (TPSA) is 80.4 Å². The first-order valence-electron chi connectivity index (χ1n) is 5.38. The summed E-state index contributed by atoms with van der Waals surface area (Å²) in [6.45, 7) is 4.12. The van der Waals surface area contributed by atoms with E-state index in [2.05, 4.69) is 13.8 Å². The van der Waals surface area contributed by atoms with Gasteiger partial charge < -0.3 is 5.11 Å². The van der Waals surface area contributed by atoms with Crippen LogP contribution in [0.1, 0.15) is 33.1 Å². The third-order valence-electron chi connectivity index (χ3n) is 4.85. The number of primary sulfonamides is 1. The van der Waals surface area contributed by atoms with Crippen LogP contribution in [-0.4, -0.2) is 25.4 Å². The number of hydrogen-bond acceptors (Lipinski definition) is 3. The van der Waals surface area contributed by atoms with Crippen LogP contribution in [0.3, 0.4) is 0 Å². The van der Waals surface area contributed by atoms with Crippen LogP contribution >= 0.6 is 0 Å². The molecule has 88 valence electrons. The van der Waals surface area contributed by atoms with Crippen LogP contribution in [0.2, 0.25) is 0 Å². The Labute approximate surface area is 90.9 Å². The van der Waals surface area contributed by atoms with Crippen molar-refractivity contribution in [2.45, 2.75) is 39.2 Å². The van der Waals surface area contributed by atoms with Gasteiger partial charge in [-0.3, -0.25) is 0 Å². The van der Waals surface area contributed by atoms with Gasteiger partial charge in [-0.25, -0.2) is 13.6 Å². The van der Waals surface area contributed by atoms with Crippen LogP contribution in [0.15, 0.2) is 0 Å². The third kappa shape index (κ3) is 1.44. The van der Waals surface area contributed by atoms with Crippen molar-refractivity contribution in [1.82, 2.24) is 0 Å². The Morgan fingerprint density at radius 2 is 2.07 bits per heavy atom. The Bertz CT molecular complexity index is 376. The predicted molar refractivity (Wildman–Crippen MR) is 57.5 cm³/mol. The SMILES string of the molecule is CC1(C)[C@H]2CC[C@]1(CS(N)(=O)=O)[C@H](O)C2. The third-order valence-corrected chi connectivity index (χ3v) is 5.76. The summed E-state index contributed by atoms with van der Waals surface area (Å²) >= 11 is 0. The van der Waals surface area contributed by atoms with Crippen molar-refractivity contribution in [3.8, 4) is 0 Å². The van der Waals surface area contributed by atoms with Crippen LogP contribution in [-0.2, 0) is 10.0 Å². The van der Waals surface area contributed by atoms with Gasteiger partial charge in [0.1, 0.15) is 0 Å². The molecule has 0 aromatic rings. The van der Waals surface area contributed by atoms with Crippen molar-refractivity contribution in [1.29, 1.82) is 0 Å². The first kappa shape index (κ1) is 11.4. The van der Waals surface area contributed by atoms with Gasteiger partial charge in [0, 0.05) is 5.41 Å². The highest BCUT2D eigenvalue weighted by Gasteiger charge is 2.64. The molecule has 0 heterocycles. The Kier molecular flexibility index (Phi) is 2.24. The molecule has 0 aliphatic heterocycles. The molecule has 3 N–H and O–H groups in total. The molecule has 0 amide bonds. The van der Waals surface area contributed by atoms with Gasteiger partial charge in [0.25, 0.3) is 0 Å². The Morgan fingerprint density at radius 3 is 2.40 bits per heavy atom. The minimum atomic E-state index is -3.52. The molecule has 3 atom stereocenters. The normalized spacial score (nSPS) is 43.5. The number of nitrogens with two attached hydrogens (primary N) is 1. The van der Waals surface area contributed by atoms with Crippen LogP contribution in [0.5, 0.6) is 0 Å². The van der Waals surface area contributed by atoms with Gasteiger partial charge in [-0.2, -0.15) is 0 Å². The van der Waals surface area contributed by atoms with Crippen LogP contribution in [0, 0.1) is 16.7 Å². The first-order chi connectivity index (χ1) is 6.69. The van der Waals surface area contributed by atoms with Crippen LogP contribution < -0.4 is 5.14 Å². The fraction of sp³-hybridized carbons (Fsp3) is 1.00. The van der Waals surface area contributed by atoms with Crippen molar-refractivity contribution in [2.75, 3.05) is 5.75 Å². The molecule has 2 bridgehead atoms. The smallest absolute Gasteiger partial charge is 0.209 e. The van der Waals surface area contributed by atoms with Gasteiger partial charge in [0.15, 0.2) is 0 Å². The van der Waals surface area contributed by atoms with Crippen molar-refractivity contribution in [3.63, 3.8) is 0 Å². The van der Waals surface area contributed by atoms with E-state index in [0.29, 0.717) is 5.92 Å². The van der Waals surface area contributed by atoms with E-state index in [1.54, 1.807) is 0 Å². The lowest BCUT2D eigenvalue weighted by molar-refractivity contribution is 0.0153. The highest BCUT2D eigenvalue weighted by molar-refractivity contribution is 7.89. The summed E-state index contributed by atoms with van der Waals surface area (Å²) in [5.74, 6) is 0.360. The van der Waals surface area contributed by atoms with E-state index < -0.39 is 21.5 Å². The zero-order valence-corrected chi connectivity index (χ0v) is 10.0. The van der Waals surface area contributed by atoms with Crippen molar-refractivity contribution in [2.24, 2.45) is 21.9 Å². The molecule has 4 nitrogen and oxygen atoms in total. The van der Waals surface area contributed by atoms with E-state index in [1.807, 2.05) is 0 Å². The summed E-state index contributed by atoms with van der Waals surface area (Å²) in [4.78, 5) is 0. The molecule has 5 heteroatoms. The average molecular weight is 233 g/mol. The number of hydrogen-bond donors (Lipinski definition) is 2. The van der Waals surface area contributed by atoms with E-state index in [0.717, 1.165) is 19.3 Å². The fourth-order valence-electron chi connectivity index (χ4n) is 3.74. The quantitative estimate of drug-likeness (QED) is 0.727. The molecule has 0 aromatic heterocycles. The molecule has 0 aromatic carbocycles. The standard InChI is InChI=1S/C10H19NO3S/c1-9(2)7-3-4-10(9,8(12)5-7)6-15(11,13)14/h7-8,12H,3-6H2,1-2H3,(H2,11,13,14)/t7-,8+,10-/m0/s1. The monoisotopic (exact) mass is 233 g/mol. The van der Waals surface area contributed by atoms with Crippen molar-refractivity contribution in [3.05, 3.63) is 0 Å². The molecular weight excluding hydrogens is 214 g/mol. The van der Waals surface area contributed by atoms with E-state index in [9.17, 15) is 13.5 Å². The summed E-state index contributed by atoms with van der Waals surface area (Å²) in [6, 6.07) is 0. The van der Waals surface area contributed by atoms with Gasteiger partial charge in [0.05, 0.1) is 11.9 Å². The van der Waals surface area contributed by atoms with Crippen molar-refractivity contribution >= 4 is 10.0 Å². The van der Waals surface area contributed by atoms with Gasteiger partial charge in [-0.1, -0.05) is 13.8 Å². The van der Waals surface area contributed by atoms with Crippen LogP contribution in [0.25, 0.3) is 0 Å². The van der Waals surface area contributed by atoms with E-state index in [1.165, 1.54) is 0 Å². The highest BCUT2D eigenvalue weighted by atomic mass is 32.2. The fourth-order valence-corrected chi connectivity index (χ4v) is 5.17. The number of rotatable bonds is 2. The lowest BCUT2D eigenvalue weighted by Crippen LogP contribution is -2.45. The molecule has 2 aliphatic carbocycles. The van der Waals surface area contributed by atoms with E-state index >= 15 is 0 Å². The largest absolute Gasteiger partial charge is 0.392 e. The number of fused-ring (bicyclic) bond motifs is 2. The van der Waals surface area contributed by atoms with Crippen molar-refractivity contribution < 1.29 is 13.5 Å². The molecule has 0 radical (unpaired) electrons. The molecule has 2 saturated carbocycles. The lowest BCUT2D eigenvalue weighted by atomic mass is 9.70. The molecule has 0 saturated heterocycles. The van der Waals surface area contributed by atoms with Gasteiger partial charge in [-0.05, 0) is 30.6 Å². The summed E-state index contributed by atoms with van der Waals surface area (Å²) in [5.41, 5.74) is -0.621. The number of sulfonamides is 1. The average Bonchev–Trinajstić information content (AvgIpc) is 2.34. The number of aliphatic hydroxyl groups is 1. The zero-order valence-electron chi connectivity index (χ0n) is 9.23. The maximum atomic E-state index is 11.3.